The molecule has 1 aromatic carbocycles. The molecule has 1 aliphatic heterocycles. The summed E-state index contributed by atoms with van der Waals surface area (Å²) in [6.45, 7) is 4.12. The first-order valence-electron chi connectivity index (χ1n) is 8.40. The first-order chi connectivity index (χ1) is 11.1. The number of benzene rings is 1. The molecule has 1 aliphatic carbocycles. The Morgan fingerprint density at radius 2 is 1.87 bits per heavy atom. The maximum Gasteiger partial charge on any atom is 0.191 e. The second-order valence-corrected chi connectivity index (χ2v) is 8.65. The Bertz CT molecular complexity index is 560. The molecule has 1 saturated carbocycles. The molecule has 126 valence electrons. The van der Waals surface area contributed by atoms with E-state index < -0.39 is 0 Å². The van der Waals surface area contributed by atoms with Crippen molar-refractivity contribution in [3.05, 3.63) is 35.6 Å². The van der Waals surface area contributed by atoms with Crippen molar-refractivity contribution in [3.63, 3.8) is 0 Å². The molecule has 0 spiro atoms. The van der Waals surface area contributed by atoms with Gasteiger partial charge >= 0.3 is 0 Å². The Labute approximate surface area is 142 Å². The lowest BCUT2D eigenvalue weighted by molar-refractivity contribution is 0.577. The summed E-state index contributed by atoms with van der Waals surface area (Å²) in [5, 5.41) is 6.93. The van der Waals surface area contributed by atoms with E-state index in [1.165, 1.54) is 24.2 Å². The fourth-order valence-electron chi connectivity index (χ4n) is 3.24. The fraction of sp³-hybridized carbons (Fsp3) is 0.611. The molecule has 1 aromatic rings. The molecule has 0 amide bonds. The zero-order valence-electron chi connectivity index (χ0n) is 14.0. The van der Waals surface area contributed by atoms with Gasteiger partial charge in [-0.3, -0.25) is 4.99 Å². The average molecular weight is 335 g/mol. The monoisotopic (exact) mass is 335 g/mol. The number of thioether (sulfide) groups is 1. The van der Waals surface area contributed by atoms with E-state index in [4.69, 9.17) is 0 Å². The Morgan fingerprint density at radius 3 is 2.43 bits per heavy atom. The van der Waals surface area contributed by atoms with E-state index in [1.807, 2.05) is 19.2 Å². The summed E-state index contributed by atoms with van der Waals surface area (Å²) in [4.78, 5) is 4.34. The van der Waals surface area contributed by atoms with Crippen molar-refractivity contribution in [2.24, 2.45) is 4.99 Å². The van der Waals surface area contributed by atoms with E-state index >= 15 is 0 Å². The molecular formula is C18H26FN3S. The van der Waals surface area contributed by atoms with Crippen molar-refractivity contribution in [2.45, 2.75) is 42.8 Å². The number of rotatable bonds is 5. The summed E-state index contributed by atoms with van der Waals surface area (Å²) in [6, 6.07) is 6.94. The molecule has 2 fully saturated rings. The number of hydrogen-bond acceptors (Lipinski definition) is 2. The zero-order chi connectivity index (χ0) is 16.3. The van der Waals surface area contributed by atoms with Crippen molar-refractivity contribution in [2.75, 3.05) is 25.9 Å². The number of hydrogen-bond donors (Lipinski definition) is 2. The highest BCUT2D eigenvalue weighted by Crippen LogP contribution is 2.47. The van der Waals surface area contributed by atoms with Gasteiger partial charge in [-0.25, -0.2) is 4.39 Å². The molecule has 3 rings (SSSR count). The molecule has 1 heterocycles. The lowest BCUT2D eigenvalue weighted by Crippen LogP contribution is -2.45. The number of nitrogens with one attached hydrogen (secondary N) is 2. The van der Waals surface area contributed by atoms with Crippen LogP contribution in [0, 0.1) is 5.82 Å². The van der Waals surface area contributed by atoms with Crippen LogP contribution >= 0.6 is 11.8 Å². The van der Waals surface area contributed by atoms with Crippen LogP contribution in [0.1, 0.15) is 38.2 Å². The highest BCUT2D eigenvalue weighted by molar-refractivity contribution is 8.00. The van der Waals surface area contributed by atoms with Crippen LogP contribution in [-0.2, 0) is 5.41 Å². The standard InChI is InChI=1S/C18H26FN3S/c1-17(8-3-11-23-17)12-21-16(20-2)22-13-18(9-10-18)14-4-6-15(19)7-5-14/h4-7H,3,8-13H2,1-2H3,(H2,20,21,22). The first-order valence-corrected chi connectivity index (χ1v) is 9.38. The van der Waals surface area contributed by atoms with E-state index in [0.717, 1.165) is 31.9 Å². The van der Waals surface area contributed by atoms with Gasteiger partial charge in [0.2, 0.25) is 0 Å². The lowest BCUT2D eigenvalue weighted by Gasteiger charge is -2.25. The molecular weight excluding hydrogens is 309 g/mol. The Morgan fingerprint density at radius 1 is 1.17 bits per heavy atom. The lowest BCUT2D eigenvalue weighted by atomic mass is 9.96. The molecule has 1 atom stereocenters. The van der Waals surface area contributed by atoms with Crippen LogP contribution in [0.5, 0.6) is 0 Å². The normalized spacial score (nSPS) is 26.1. The second-order valence-electron chi connectivity index (χ2n) is 6.97. The molecule has 1 saturated heterocycles. The van der Waals surface area contributed by atoms with Crippen molar-refractivity contribution >= 4 is 17.7 Å². The van der Waals surface area contributed by atoms with Gasteiger partial charge in [0.15, 0.2) is 5.96 Å². The number of nitrogens with zero attached hydrogens (tertiary/aromatic N) is 1. The summed E-state index contributed by atoms with van der Waals surface area (Å²) in [6.07, 6.45) is 4.87. The van der Waals surface area contributed by atoms with Gasteiger partial charge in [-0.15, -0.1) is 0 Å². The summed E-state index contributed by atoms with van der Waals surface area (Å²) < 4.78 is 13.4. The maximum absolute atomic E-state index is 13.1. The van der Waals surface area contributed by atoms with Crippen molar-refractivity contribution in [1.82, 2.24) is 10.6 Å². The van der Waals surface area contributed by atoms with Gasteiger partial charge in [-0.1, -0.05) is 12.1 Å². The van der Waals surface area contributed by atoms with Crippen LogP contribution in [0.15, 0.2) is 29.3 Å². The minimum absolute atomic E-state index is 0.150. The first kappa shape index (κ1) is 16.6. The van der Waals surface area contributed by atoms with Crippen LogP contribution in [0.2, 0.25) is 0 Å². The molecule has 1 unspecified atom stereocenters. The molecule has 23 heavy (non-hydrogen) atoms. The van der Waals surface area contributed by atoms with E-state index in [-0.39, 0.29) is 11.2 Å². The third-order valence-electron chi connectivity index (χ3n) is 5.06. The highest BCUT2D eigenvalue weighted by Gasteiger charge is 2.44. The molecule has 2 N–H and O–H groups in total. The molecule has 5 heteroatoms. The summed E-state index contributed by atoms with van der Waals surface area (Å²) in [7, 11) is 1.82. The van der Waals surface area contributed by atoms with Gasteiger partial charge in [0.05, 0.1) is 0 Å². The van der Waals surface area contributed by atoms with Gasteiger partial charge in [-0.2, -0.15) is 11.8 Å². The fourth-order valence-corrected chi connectivity index (χ4v) is 4.49. The van der Waals surface area contributed by atoms with Crippen molar-refractivity contribution < 1.29 is 4.39 Å². The van der Waals surface area contributed by atoms with E-state index in [9.17, 15) is 4.39 Å². The SMILES string of the molecule is CN=C(NCC1(C)CCCS1)NCC1(c2ccc(F)cc2)CC1. The Balaban J connectivity index is 1.53. The number of aliphatic imine (C=N–C) groups is 1. The van der Waals surface area contributed by atoms with Crippen LogP contribution < -0.4 is 10.6 Å². The average Bonchev–Trinajstić information content (AvgIpc) is 3.22. The van der Waals surface area contributed by atoms with E-state index in [2.05, 4.69) is 34.3 Å². The van der Waals surface area contributed by atoms with Gasteiger partial charge in [0.25, 0.3) is 0 Å². The molecule has 0 bridgehead atoms. The van der Waals surface area contributed by atoms with Crippen LogP contribution in [0.3, 0.4) is 0 Å². The van der Waals surface area contributed by atoms with Crippen LogP contribution in [0.4, 0.5) is 4.39 Å². The maximum atomic E-state index is 13.1. The smallest absolute Gasteiger partial charge is 0.191 e. The van der Waals surface area contributed by atoms with Crippen molar-refractivity contribution in [1.29, 1.82) is 0 Å². The summed E-state index contributed by atoms with van der Waals surface area (Å²) >= 11 is 2.05. The highest BCUT2D eigenvalue weighted by atomic mass is 32.2. The Kier molecular flexibility index (Phi) is 4.85. The summed E-state index contributed by atoms with van der Waals surface area (Å²) in [5.41, 5.74) is 1.37. The van der Waals surface area contributed by atoms with Gasteiger partial charge in [0.1, 0.15) is 5.82 Å². The zero-order valence-corrected chi connectivity index (χ0v) is 14.8. The predicted molar refractivity (Wildman–Crippen MR) is 96.8 cm³/mol. The van der Waals surface area contributed by atoms with Crippen LogP contribution in [-0.4, -0.2) is 36.6 Å². The quantitative estimate of drug-likeness (QED) is 0.640. The minimum Gasteiger partial charge on any atom is -0.356 e. The number of halogens is 1. The van der Waals surface area contributed by atoms with Gasteiger partial charge in [0, 0.05) is 30.3 Å². The van der Waals surface area contributed by atoms with Crippen LogP contribution in [0.25, 0.3) is 0 Å². The van der Waals surface area contributed by atoms with Gasteiger partial charge < -0.3 is 10.6 Å². The molecule has 0 aromatic heterocycles. The topological polar surface area (TPSA) is 36.4 Å². The van der Waals surface area contributed by atoms with Crippen molar-refractivity contribution in [3.8, 4) is 0 Å². The molecule has 0 radical (unpaired) electrons. The number of guanidine groups is 1. The molecule has 2 aliphatic rings. The van der Waals surface area contributed by atoms with Gasteiger partial charge in [-0.05, 0) is 56.1 Å². The predicted octanol–water partition coefficient (Wildman–Crippen LogP) is 3.31. The Hall–Kier alpha value is -1.23. The van der Waals surface area contributed by atoms with E-state index in [0.29, 0.717) is 4.75 Å². The second kappa shape index (κ2) is 6.71. The molecule has 3 nitrogen and oxygen atoms in total. The summed E-state index contributed by atoms with van der Waals surface area (Å²) in [5.74, 6) is 1.96. The largest absolute Gasteiger partial charge is 0.356 e. The van der Waals surface area contributed by atoms with E-state index in [1.54, 1.807) is 12.1 Å². The third-order valence-corrected chi connectivity index (χ3v) is 6.60. The minimum atomic E-state index is -0.169. The third kappa shape index (κ3) is 4.00.